The van der Waals surface area contributed by atoms with E-state index in [4.69, 9.17) is 99.7 Å². The highest BCUT2D eigenvalue weighted by Crippen LogP contribution is 2.21. The lowest BCUT2D eigenvalue weighted by Crippen LogP contribution is -2.30. The molecule has 0 aliphatic carbocycles. The fourth-order valence-corrected chi connectivity index (χ4v) is 6.19. The van der Waals surface area contributed by atoms with Crippen LogP contribution in [0.1, 0.15) is 46.7 Å². The zero-order chi connectivity index (χ0) is 57.5. The number of amides is 1. The number of nitrogens with one attached hydrogen (secondary N) is 3. The smallest absolute Gasteiger partial charge is 0.273 e. The normalized spacial score (nSPS) is 11.5. The first-order valence-electron chi connectivity index (χ1n) is 28.0. The maximum atomic E-state index is 13.7. The van der Waals surface area contributed by atoms with E-state index in [1.807, 2.05) is 0 Å². The third-order valence-electron chi connectivity index (χ3n) is 10.3. The number of ether oxygens (including phenoxy) is 20. The van der Waals surface area contributed by atoms with Crippen molar-refractivity contribution in [3.63, 3.8) is 0 Å². The molecular formula is C53H101N5O22. The highest BCUT2D eigenvalue weighted by molar-refractivity contribution is 6.02. The second-order valence-electron chi connectivity index (χ2n) is 16.7. The Kier molecular flexibility index (Phi) is 58.2. The van der Waals surface area contributed by atoms with Gasteiger partial charge in [-0.3, -0.25) is 9.59 Å². The summed E-state index contributed by atoms with van der Waals surface area (Å²) in [7, 11) is 6.46. The Balaban J connectivity index is 2.48. The Hall–Kier alpha value is -2.98. The quantitative estimate of drug-likeness (QED) is 0.0617. The summed E-state index contributed by atoms with van der Waals surface area (Å²) in [6.45, 7) is 17.5. The molecule has 470 valence electrons. The molecule has 1 aromatic heterocycles. The van der Waals surface area contributed by atoms with E-state index in [-0.39, 0.29) is 48.4 Å². The van der Waals surface area contributed by atoms with Crippen LogP contribution in [-0.4, -0.2) is 308 Å². The van der Waals surface area contributed by atoms with Crippen LogP contribution in [0.2, 0.25) is 0 Å². The van der Waals surface area contributed by atoms with Gasteiger partial charge in [-0.2, -0.15) is 0 Å². The topological polar surface area (TPSA) is 281 Å². The molecule has 0 saturated carbocycles. The van der Waals surface area contributed by atoms with Gasteiger partial charge in [0.25, 0.3) is 5.91 Å². The minimum absolute atomic E-state index is 0.0267. The minimum atomic E-state index is -0.481. The lowest BCUT2D eigenvalue weighted by atomic mass is 10.1. The zero-order valence-corrected chi connectivity index (χ0v) is 48.8. The summed E-state index contributed by atoms with van der Waals surface area (Å²) in [5.74, 6) is -0.366. The number of hydrogen-bond donors (Lipinski definition) is 3. The van der Waals surface area contributed by atoms with Gasteiger partial charge in [-0.15, -0.1) is 0 Å². The van der Waals surface area contributed by atoms with Gasteiger partial charge in [-0.25, -0.2) is 9.97 Å². The summed E-state index contributed by atoms with van der Waals surface area (Å²) in [5.41, 5.74) is 0.137. The van der Waals surface area contributed by atoms with Crippen molar-refractivity contribution in [2.45, 2.75) is 25.7 Å². The monoisotopic (exact) mass is 1160 g/mol. The number of ketones is 1. The van der Waals surface area contributed by atoms with E-state index in [1.54, 1.807) is 28.4 Å². The molecule has 0 radical (unpaired) electrons. The van der Waals surface area contributed by atoms with Crippen LogP contribution < -0.4 is 16.0 Å². The van der Waals surface area contributed by atoms with E-state index in [2.05, 4.69) is 20.9 Å². The third-order valence-corrected chi connectivity index (χ3v) is 10.3. The molecular weight excluding hydrogens is 1060 g/mol. The predicted octanol–water partition coefficient (Wildman–Crippen LogP) is 1.62. The first-order valence-corrected chi connectivity index (χ1v) is 28.0. The summed E-state index contributed by atoms with van der Waals surface area (Å²) < 4.78 is 109. The number of hydrogen-bond acceptors (Lipinski definition) is 26. The van der Waals surface area contributed by atoms with Gasteiger partial charge in [0.15, 0.2) is 28.8 Å². The maximum Gasteiger partial charge on any atom is 0.273 e. The molecule has 80 heavy (non-hydrogen) atoms. The fraction of sp³-hybridized carbons (Fsp3) is 0.887. The lowest BCUT2D eigenvalue weighted by Gasteiger charge is -2.16. The van der Waals surface area contributed by atoms with E-state index in [1.165, 1.54) is 0 Å². The molecule has 1 rings (SSSR count). The SMILES string of the molecule is COCCOCCCC(=O)c1nc(NCCCOCCOCCOCCOCCOCCOCCOCCOC)c(C(=O)NCCOCCOC)nc1NCCCOCCOCCOCCOCCOCCOCCOCCOC. The zero-order valence-electron chi connectivity index (χ0n) is 48.8. The molecule has 0 aliphatic rings. The van der Waals surface area contributed by atoms with Crippen LogP contribution in [0.15, 0.2) is 0 Å². The van der Waals surface area contributed by atoms with Crippen LogP contribution in [0.5, 0.6) is 0 Å². The molecule has 1 aromatic rings. The molecule has 0 fully saturated rings. The second kappa shape index (κ2) is 62.1. The number of carbonyl (C=O) groups is 2. The van der Waals surface area contributed by atoms with Crippen molar-refractivity contribution in [1.29, 1.82) is 0 Å². The van der Waals surface area contributed by atoms with Crippen molar-refractivity contribution in [3.05, 3.63) is 11.4 Å². The standard InChI is InChI=1S/C53H101N5O22/c1-61-16-20-65-12-5-8-48(59)49-51(54-9-6-13-66-24-26-71-32-34-75-40-42-79-46-44-77-38-36-73-30-28-69-22-18-63-3)58-50(53(60)56-11-15-68-21-17-62-2)52(57-49)55-10-7-14-67-25-27-72-33-35-76-41-43-80-47-45-78-39-37-74-31-29-70-23-19-64-4/h5-47H2,1-4H3,(H,54,58)(H,55,57)(H,56,60). The Morgan fingerprint density at radius 2 is 0.525 bits per heavy atom. The van der Waals surface area contributed by atoms with Gasteiger partial charge < -0.3 is 111 Å². The molecule has 0 unspecified atom stereocenters. The molecule has 1 amide bonds. The van der Waals surface area contributed by atoms with Crippen molar-refractivity contribution in [2.75, 3.05) is 297 Å². The molecule has 0 saturated heterocycles. The van der Waals surface area contributed by atoms with Crippen LogP contribution in [0.4, 0.5) is 11.6 Å². The summed E-state index contributed by atoms with van der Waals surface area (Å²) in [6.07, 6.45) is 1.76. The molecule has 1 heterocycles. The second-order valence-corrected chi connectivity index (χ2v) is 16.7. The molecule has 3 N–H and O–H groups in total. The molecule has 0 atom stereocenters. The van der Waals surface area contributed by atoms with Crippen molar-refractivity contribution >= 4 is 23.3 Å². The number of rotatable bonds is 67. The van der Waals surface area contributed by atoms with Crippen molar-refractivity contribution < 1.29 is 104 Å². The number of methoxy groups -OCH3 is 4. The molecule has 27 nitrogen and oxygen atoms in total. The molecule has 0 aromatic carbocycles. The summed E-state index contributed by atoms with van der Waals surface area (Å²) in [4.78, 5) is 36.7. The van der Waals surface area contributed by atoms with Crippen molar-refractivity contribution in [2.24, 2.45) is 0 Å². The van der Waals surface area contributed by atoms with Gasteiger partial charge in [-0.1, -0.05) is 0 Å². The van der Waals surface area contributed by atoms with Crippen LogP contribution in [0.25, 0.3) is 0 Å². The number of Topliss-reactive ketones (excluding diaryl/α,β-unsaturated/α-hetero) is 1. The van der Waals surface area contributed by atoms with Crippen LogP contribution >= 0.6 is 0 Å². The van der Waals surface area contributed by atoms with Gasteiger partial charge in [0, 0.05) is 74.3 Å². The Bertz CT molecular complexity index is 1380. The van der Waals surface area contributed by atoms with Crippen LogP contribution in [-0.2, 0) is 94.7 Å². The summed E-state index contributed by atoms with van der Waals surface area (Å²) >= 11 is 0. The number of anilines is 2. The maximum absolute atomic E-state index is 13.7. The van der Waals surface area contributed by atoms with Crippen LogP contribution in [0, 0.1) is 0 Å². The summed E-state index contributed by atoms with van der Waals surface area (Å²) in [5, 5.41) is 9.28. The van der Waals surface area contributed by atoms with E-state index < -0.39 is 5.91 Å². The molecule has 0 bridgehead atoms. The van der Waals surface area contributed by atoms with Crippen LogP contribution in [0.3, 0.4) is 0 Å². The molecule has 0 aliphatic heterocycles. The first-order chi connectivity index (χ1) is 39.6. The third kappa shape index (κ3) is 49.6. The first kappa shape index (κ1) is 75.0. The number of aromatic nitrogens is 2. The Morgan fingerprint density at radius 1 is 0.287 bits per heavy atom. The van der Waals surface area contributed by atoms with Gasteiger partial charge in [-0.05, 0) is 19.3 Å². The largest absolute Gasteiger partial charge is 0.382 e. The predicted molar refractivity (Wildman–Crippen MR) is 295 cm³/mol. The van der Waals surface area contributed by atoms with Gasteiger partial charge in [0.05, 0.1) is 218 Å². The Morgan fingerprint density at radius 3 is 0.825 bits per heavy atom. The average Bonchev–Trinajstić information content (AvgIpc) is 3.46. The Labute approximate surface area is 475 Å². The highest BCUT2D eigenvalue weighted by atomic mass is 16.6. The van der Waals surface area contributed by atoms with Gasteiger partial charge >= 0.3 is 0 Å². The number of carbonyl (C=O) groups excluding carboxylic acids is 2. The molecule has 27 heteroatoms. The summed E-state index contributed by atoms with van der Waals surface area (Å²) in [6, 6.07) is 0. The number of nitrogens with zero attached hydrogens (tertiary/aromatic N) is 2. The molecule has 0 spiro atoms. The fourth-order valence-electron chi connectivity index (χ4n) is 6.19. The van der Waals surface area contributed by atoms with E-state index >= 15 is 0 Å². The minimum Gasteiger partial charge on any atom is -0.382 e. The van der Waals surface area contributed by atoms with Crippen molar-refractivity contribution in [1.82, 2.24) is 15.3 Å². The van der Waals surface area contributed by atoms with Crippen molar-refractivity contribution in [3.8, 4) is 0 Å². The lowest BCUT2D eigenvalue weighted by molar-refractivity contribution is -0.0221. The van der Waals surface area contributed by atoms with E-state index in [0.29, 0.717) is 264 Å². The van der Waals surface area contributed by atoms with E-state index in [0.717, 1.165) is 0 Å². The van der Waals surface area contributed by atoms with E-state index in [9.17, 15) is 9.59 Å². The highest BCUT2D eigenvalue weighted by Gasteiger charge is 2.23. The average molecular weight is 1160 g/mol. The van der Waals surface area contributed by atoms with Gasteiger partial charge in [0.2, 0.25) is 0 Å². The van der Waals surface area contributed by atoms with Gasteiger partial charge in [0.1, 0.15) is 0 Å².